The highest BCUT2D eigenvalue weighted by atomic mass is 19.1. The number of rotatable bonds is 6. The molecule has 40 heavy (non-hydrogen) atoms. The predicted molar refractivity (Wildman–Crippen MR) is 162 cm³/mol. The van der Waals surface area contributed by atoms with Crippen LogP contribution in [0.1, 0.15) is 69.8 Å². The topological polar surface area (TPSA) is 92.0 Å². The van der Waals surface area contributed by atoms with E-state index in [-0.39, 0.29) is 11.7 Å². The molecule has 1 saturated heterocycles. The number of piperazine rings is 1. The number of hydrogen-bond donors (Lipinski definition) is 3. The number of methoxy groups -OCH3 is 1. The lowest BCUT2D eigenvalue weighted by Crippen LogP contribution is -2.53. The van der Waals surface area contributed by atoms with Crippen LogP contribution in [0.25, 0.3) is 0 Å². The number of hydrogen-bond acceptors (Lipinski definition) is 4. The first-order valence-electron chi connectivity index (χ1n) is 14.5. The van der Waals surface area contributed by atoms with Gasteiger partial charge in [0.05, 0.1) is 12.8 Å². The van der Waals surface area contributed by atoms with Crippen LogP contribution >= 0.6 is 0 Å². The molecule has 1 unspecified atom stereocenters. The minimum Gasteiger partial charge on any atom is -0.497 e. The Morgan fingerprint density at radius 3 is 2.52 bits per heavy atom. The Labute approximate surface area is 239 Å². The van der Waals surface area contributed by atoms with E-state index in [4.69, 9.17) is 10.5 Å². The molecule has 4 rings (SSSR count). The quantitative estimate of drug-likeness (QED) is 0.324. The van der Waals surface area contributed by atoms with Gasteiger partial charge >= 0.3 is 0 Å². The summed E-state index contributed by atoms with van der Waals surface area (Å²) in [5.41, 5.74) is 8.46. The number of ether oxygens (including phenoxy) is 1. The molecule has 0 radical (unpaired) electrons. The lowest BCUT2D eigenvalue weighted by molar-refractivity contribution is 0.0954. The normalized spacial score (nSPS) is 22.6. The number of carbonyl (C=O) groups excluding carboxylic acids is 1. The van der Waals surface area contributed by atoms with Crippen molar-refractivity contribution in [3.8, 4) is 5.75 Å². The summed E-state index contributed by atoms with van der Waals surface area (Å²) in [6.45, 7) is 14.6. The van der Waals surface area contributed by atoms with E-state index in [1.165, 1.54) is 32.4 Å². The number of amides is 1. The second-order valence-electron chi connectivity index (χ2n) is 11.9. The van der Waals surface area contributed by atoms with Gasteiger partial charge in [-0.2, -0.15) is 0 Å². The van der Waals surface area contributed by atoms with Gasteiger partial charge in [0, 0.05) is 43.9 Å². The van der Waals surface area contributed by atoms with Gasteiger partial charge in [0.2, 0.25) is 0 Å². The van der Waals surface area contributed by atoms with Gasteiger partial charge in [-0.3, -0.25) is 4.79 Å². The lowest BCUT2D eigenvalue weighted by atomic mass is 9.65. The third kappa shape index (κ3) is 8.95. The van der Waals surface area contributed by atoms with Crippen LogP contribution < -0.4 is 21.1 Å². The SMILES string of the molecule is CC1CCCC(C)(C)[C@H]1C.COc1ccc(CCNC(=O)c2ccc(N=C(N)N3CCN[C@@H](C)C3)cc2)c(F)c1. The molecule has 2 aromatic rings. The summed E-state index contributed by atoms with van der Waals surface area (Å²) < 4.78 is 19.0. The fraction of sp³-hybridized carbons (Fsp3) is 0.562. The Bertz CT molecular complexity index is 1130. The van der Waals surface area contributed by atoms with Crippen molar-refractivity contribution in [2.24, 2.45) is 28.0 Å². The van der Waals surface area contributed by atoms with Crippen molar-refractivity contribution in [3.63, 3.8) is 0 Å². The number of nitrogens with zero attached hydrogens (tertiary/aromatic N) is 2. The molecule has 2 fully saturated rings. The largest absolute Gasteiger partial charge is 0.497 e. The van der Waals surface area contributed by atoms with Crippen LogP contribution in [0.15, 0.2) is 47.5 Å². The number of carbonyl (C=O) groups is 1. The third-order valence-corrected chi connectivity index (χ3v) is 8.57. The van der Waals surface area contributed by atoms with Crippen LogP contribution in [0, 0.1) is 23.1 Å². The molecule has 7 nitrogen and oxygen atoms in total. The predicted octanol–water partition coefficient (Wildman–Crippen LogP) is 5.52. The van der Waals surface area contributed by atoms with Gasteiger partial charge in [0.1, 0.15) is 11.6 Å². The van der Waals surface area contributed by atoms with Crippen LogP contribution in [0.4, 0.5) is 10.1 Å². The van der Waals surface area contributed by atoms with Crippen LogP contribution in [0.3, 0.4) is 0 Å². The minimum atomic E-state index is -0.345. The van der Waals surface area contributed by atoms with Gasteiger partial charge in [-0.15, -0.1) is 0 Å². The van der Waals surface area contributed by atoms with Crippen LogP contribution in [0.5, 0.6) is 5.75 Å². The van der Waals surface area contributed by atoms with Gasteiger partial charge in [0.25, 0.3) is 5.91 Å². The van der Waals surface area contributed by atoms with Crippen molar-refractivity contribution < 1.29 is 13.9 Å². The molecule has 1 saturated carbocycles. The molecule has 3 atom stereocenters. The van der Waals surface area contributed by atoms with Gasteiger partial charge in [-0.05, 0) is 72.9 Å². The fourth-order valence-electron chi connectivity index (χ4n) is 5.43. The molecule has 2 aromatic carbocycles. The van der Waals surface area contributed by atoms with E-state index in [1.54, 1.807) is 36.4 Å². The molecule has 4 N–H and O–H groups in total. The molecule has 1 amide bonds. The van der Waals surface area contributed by atoms with E-state index in [0.29, 0.717) is 52.9 Å². The van der Waals surface area contributed by atoms with Gasteiger partial charge in [0.15, 0.2) is 5.96 Å². The number of benzene rings is 2. The van der Waals surface area contributed by atoms with Gasteiger partial charge < -0.3 is 26.0 Å². The summed E-state index contributed by atoms with van der Waals surface area (Å²) in [5.74, 6) is 2.24. The Kier molecular flexibility index (Phi) is 11.4. The average Bonchev–Trinajstić information content (AvgIpc) is 2.93. The summed E-state index contributed by atoms with van der Waals surface area (Å²) >= 11 is 0. The maximum atomic E-state index is 14.0. The van der Waals surface area contributed by atoms with E-state index >= 15 is 0 Å². The zero-order valence-corrected chi connectivity index (χ0v) is 25.1. The second kappa shape index (κ2) is 14.5. The van der Waals surface area contributed by atoms with Crippen LogP contribution in [-0.2, 0) is 6.42 Å². The molecule has 220 valence electrons. The molecule has 1 aliphatic heterocycles. The summed E-state index contributed by atoms with van der Waals surface area (Å²) in [4.78, 5) is 18.8. The Morgan fingerprint density at radius 2 is 1.93 bits per heavy atom. The van der Waals surface area contributed by atoms with Crippen molar-refractivity contribution in [1.82, 2.24) is 15.5 Å². The highest BCUT2D eigenvalue weighted by molar-refractivity contribution is 5.94. The van der Waals surface area contributed by atoms with Gasteiger partial charge in [-0.25, -0.2) is 9.38 Å². The van der Waals surface area contributed by atoms with Crippen molar-refractivity contribution >= 4 is 17.6 Å². The Morgan fingerprint density at radius 1 is 1.20 bits per heavy atom. The molecule has 0 aromatic heterocycles. The third-order valence-electron chi connectivity index (χ3n) is 8.57. The second-order valence-corrected chi connectivity index (χ2v) is 11.9. The number of aliphatic imine (C=N–C) groups is 1. The lowest BCUT2D eigenvalue weighted by Gasteiger charge is -2.40. The highest BCUT2D eigenvalue weighted by Crippen LogP contribution is 2.43. The van der Waals surface area contributed by atoms with E-state index < -0.39 is 0 Å². The highest BCUT2D eigenvalue weighted by Gasteiger charge is 2.33. The van der Waals surface area contributed by atoms with E-state index in [9.17, 15) is 9.18 Å². The molecule has 2 aliphatic rings. The number of nitrogens with one attached hydrogen (secondary N) is 2. The van der Waals surface area contributed by atoms with Crippen LogP contribution in [0.2, 0.25) is 0 Å². The minimum absolute atomic E-state index is 0.219. The number of guanidine groups is 1. The first kappa shape index (κ1) is 31.4. The van der Waals surface area contributed by atoms with E-state index in [1.807, 2.05) is 4.90 Å². The summed E-state index contributed by atoms with van der Waals surface area (Å²) in [6, 6.07) is 12.0. The summed E-state index contributed by atoms with van der Waals surface area (Å²) in [5, 5.41) is 6.17. The Balaban J connectivity index is 0.000000371. The van der Waals surface area contributed by atoms with E-state index in [2.05, 4.69) is 50.2 Å². The summed E-state index contributed by atoms with van der Waals surface area (Å²) in [7, 11) is 1.49. The first-order valence-corrected chi connectivity index (χ1v) is 14.5. The van der Waals surface area contributed by atoms with Crippen LogP contribution in [-0.4, -0.2) is 56.1 Å². The van der Waals surface area contributed by atoms with Gasteiger partial charge in [-0.1, -0.05) is 46.6 Å². The first-order chi connectivity index (χ1) is 19.0. The molecular weight excluding hydrogens is 505 g/mol. The monoisotopic (exact) mass is 553 g/mol. The molecular formula is C32H48FN5O2. The van der Waals surface area contributed by atoms with Crippen molar-refractivity contribution in [2.75, 3.05) is 33.3 Å². The smallest absolute Gasteiger partial charge is 0.251 e. The molecule has 0 spiro atoms. The zero-order valence-electron chi connectivity index (χ0n) is 25.1. The standard InChI is InChI=1S/C22H28FN5O2.C10H20/c1-15-14-28(12-11-25-15)22(24)27-18-6-3-17(4-7-18)21(29)26-10-9-16-5-8-19(30-2)13-20(16)23;1-8-6-5-7-10(3,4)9(8)2/h3-8,13,15,25H,9-12,14H2,1-2H3,(H2,24,27)(H,26,29);8-9H,5-7H2,1-4H3/t15-;8?,9-/m00/s1. The fourth-order valence-corrected chi connectivity index (χ4v) is 5.43. The zero-order chi connectivity index (χ0) is 29.3. The Hall–Kier alpha value is -3.13. The average molecular weight is 554 g/mol. The van der Waals surface area contributed by atoms with Crippen molar-refractivity contribution in [2.45, 2.75) is 66.3 Å². The maximum absolute atomic E-state index is 14.0. The van der Waals surface area contributed by atoms with E-state index in [0.717, 1.165) is 31.5 Å². The number of halogens is 1. The molecule has 1 heterocycles. The molecule has 1 aliphatic carbocycles. The maximum Gasteiger partial charge on any atom is 0.251 e. The molecule has 0 bridgehead atoms. The van der Waals surface area contributed by atoms with Crippen molar-refractivity contribution in [3.05, 3.63) is 59.4 Å². The number of nitrogens with two attached hydrogens (primary N) is 1. The summed E-state index contributed by atoms with van der Waals surface area (Å²) in [6.07, 6.45) is 4.71. The molecule has 8 heteroatoms. The van der Waals surface area contributed by atoms with Crippen molar-refractivity contribution in [1.29, 1.82) is 0 Å².